The van der Waals surface area contributed by atoms with Crippen molar-refractivity contribution in [2.75, 3.05) is 13.2 Å². The van der Waals surface area contributed by atoms with Crippen molar-refractivity contribution >= 4 is 11.9 Å². The normalized spacial score (nSPS) is 10.1. The van der Waals surface area contributed by atoms with E-state index in [0.717, 1.165) is 6.07 Å². The van der Waals surface area contributed by atoms with Crippen molar-refractivity contribution in [3.63, 3.8) is 0 Å². The Hall–Kier alpha value is -2.24. The highest BCUT2D eigenvalue weighted by molar-refractivity contribution is 6.01. The van der Waals surface area contributed by atoms with Crippen molar-refractivity contribution in [3.8, 4) is 11.5 Å². The fourth-order valence-electron chi connectivity index (χ4n) is 1.49. The average molecular weight is 282 g/mol. The van der Waals surface area contributed by atoms with Crippen molar-refractivity contribution in [1.82, 2.24) is 0 Å². The minimum absolute atomic E-state index is 0.155. The van der Waals surface area contributed by atoms with E-state index < -0.39 is 29.0 Å². The van der Waals surface area contributed by atoms with Crippen LogP contribution in [0.1, 0.15) is 47.4 Å². The lowest BCUT2D eigenvalue weighted by Gasteiger charge is -2.10. The molecule has 0 heterocycles. The molecule has 6 nitrogen and oxygen atoms in total. The monoisotopic (exact) mass is 282 g/mol. The number of hydrogen-bond donors (Lipinski definition) is 2. The third-order valence-electron chi connectivity index (χ3n) is 2.45. The Kier molecular flexibility index (Phi) is 5.83. The van der Waals surface area contributed by atoms with E-state index in [9.17, 15) is 19.8 Å². The van der Waals surface area contributed by atoms with E-state index in [1.165, 1.54) is 6.07 Å². The summed E-state index contributed by atoms with van der Waals surface area (Å²) in [5, 5.41) is 19.6. The highest BCUT2D eigenvalue weighted by atomic mass is 16.5. The van der Waals surface area contributed by atoms with E-state index >= 15 is 0 Å². The zero-order valence-electron chi connectivity index (χ0n) is 11.5. The molecule has 20 heavy (non-hydrogen) atoms. The van der Waals surface area contributed by atoms with Crippen LogP contribution in [0.4, 0.5) is 0 Å². The molecular formula is C14H18O6. The molecule has 1 aromatic carbocycles. The largest absolute Gasteiger partial charge is 0.507 e. The Morgan fingerprint density at radius 2 is 1.55 bits per heavy atom. The maximum atomic E-state index is 11.7. The zero-order valence-corrected chi connectivity index (χ0v) is 11.5. The second kappa shape index (κ2) is 7.37. The van der Waals surface area contributed by atoms with Gasteiger partial charge in [0.2, 0.25) is 0 Å². The molecule has 1 rings (SSSR count). The minimum atomic E-state index is -0.882. The zero-order chi connectivity index (χ0) is 15.1. The number of hydrogen-bond acceptors (Lipinski definition) is 6. The third-order valence-corrected chi connectivity index (χ3v) is 2.45. The van der Waals surface area contributed by atoms with E-state index in [0.29, 0.717) is 12.8 Å². The first-order chi connectivity index (χ1) is 9.52. The molecule has 0 bridgehead atoms. The Bertz CT molecular complexity index is 495. The van der Waals surface area contributed by atoms with Gasteiger partial charge in [0.25, 0.3) is 0 Å². The molecule has 0 unspecified atom stereocenters. The van der Waals surface area contributed by atoms with Gasteiger partial charge in [0, 0.05) is 0 Å². The smallest absolute Gasteiger partial charge is 0.345 e. The van der Waals surface area contributed by atoms with Gasteiger partial charge in [0.05, 0.1) is 13.2 Å². The van der Waals surface area contributed by atoms with Crippen LogP contribution in [0.25, 0.3) is 0 Å². The molecule has 0 spiro atoms. The van der Waals surface area contributed by atoms with Gasteiger partial charge < -0.3 is 19.7 Å². The Labute approximate surface area is 116 Å². The number of carbonyl (C=O) groups excluding carboxylic acids is 2. The Morgan fingerprint density at radius 3 is 2.10 bits per heavy atom. The van der Waals surface area contributed by atoms with Crippen LogP contribution in [0.15, 0.2) is 12.1 Å². The van der Waals surface area contributed by atoms with Crippen molar-refractivity contribution in [1.29, 1.82) is 0 Å². The van der Waals surface area contributed by atoms with Crippen LogP contribution in [0.2, 0.25) is 0 Å². The SMILES string of the molecule is CCCOC(=O)c1ccc(O)c(C(=O)OCCC)c1O. The summed E-state index contributed by atoms with van der Waals surface area (Å²) in [6.07, 6.45) is 1.24. The molecule has 0 aromatic heterocycles. The fourth-order valence-corrected chi connectivity index (χ4v) is 1.49. The van der Waals surface area contributed by atoms with E-state index in [-0.39, 0.29) is 18.8 Å². The number of rotatable bonds is 6. The second-order valence-corrected chi connectivity index (χ2v) is 4.13. The Balaban J connectivity index is 3.06. The summed E-state index contributed by atoms with van der Waals surface area (Å²) >= 11 is 0. The van der Waals surface area contributed by atoms with Crippen LogP contribution in [-0.2, 0) is 9.47 Å². The topological polar surface area (TPSA) is 93.1 Å². The van der Waals surface area contributed by atoms with E-state index in [4.69, 9.17) is 9.47 Å². The van der Waals surface area contributed by atoms with Gasteiger partial charge in [0.1, 0.15) is 22.6 Å². The van der Waals surface area contributed by atoms with Crippen molar-refractivity contribution < 1.29 is 29.3 Å². The first kappa shape index (κ1) is 15.8. The summed E-state index contributed by atoms with van der Waals surface area (Å²) in [6.45, 7) is 4.00. The van der Waals surface area contributed by atoms with Gasteiger partial charge in [-0.1, -0.05) is 13.8 Å². The number of ether oxygens (including phenoxy) is 2. The molecular weight excluding hydrogens is 264 g/mol. The molecule has 0 amide bonds. The number of phenolic OH excluding ortho intramolecular Hbond substituents is 2. The van der Waals surface area contributed by atoms with Crippen molar-refractivity contribution in [2.24, 2.45) is 0 Å². The summed E-state index contributed by atoms with van der Waals surface area (Å²) in [4.78, 5) is 23.4. The van der Waals surface area contributed by atoms with Gasteiger partial charge in [-0.3, -0.25) is 0 Å². The van der Waals surface area contributed by atoms with Crippen LogP contribution in [0.3, 0.4) is 0 Å². The molecule has 110 valence electrons. The van der Waals surface area contributed by atoms with E-state index in [1.807, 2.05) is 13.8 Å². The van der Waals surface area contributed by atoms with E-state index in [2.05, 4.69) is 0 Å². The standard InChI is InChI=1S/C14H18O6/c1-3-7-19-13(17)9-5-6-10(15)11(12(9)16)14(18)20-8-4-2/h5-6,15-16H,3-4,7-8H2,1-2H3. The number of esters is 2. The average Bonchev–Trinajstić information content (AvgIpc) is 2.42. The molecule has 0 aliphatic carbocycles. The summed E-state index contributed by atoms with van der Waals surface area (Å²) in [5.74, 6) is -2.72. The molecule has 0 atom stereocenters. The maximum absolute atomic E-state index is 11.7. The summed E-state index contributed by atoms with van der Waals surface area (Å²) < 4.78 is 9.72. The van der Waals surface area contributed by atoms with Gasteiger partial charge in [-0.05, 0) is 25.0 Å². The summed E-state index contributed by atoms with van der Waals surface area (Å²) in [7, 11) is 0. The van der Waals surface area contributed by atoms with E-state index in [1.54, 1.807) is 0 Å². The van der Waals surface area contributed by atoms with Gasteiger partial charge >= 0.3 is 11.9 Å². The predicted octanol–water partition coefficient (Wildman–Crippen LogP) is 2.23. The Morgan fingerprint density at radius 1 is 1.00 bits per heavy atom. The fraction of sp³-hybridized carbons (Fsp3) is 0.429. The molecule has 6 heteroatoms. The highest BCUT2D eigenvalue weighted by Gasteiger charge is 2.24. The number of aromatic hydroxyl groups is 2. The molecule has 0 aliphatic heterocycles. The van der Waals surface area contributed by atoms with Gasteiger partial charge in [-0.15, -0.1) is 0 Å². The van der Waals surface area contributed by atoms with Crippen molar-refractivity contribution in [2.45, 2.75) is 26.7 Å². The van der Waals surface area contributed by atoms with Crippen LogP contribution >= 0.6 is 0 Å². The molecule has 0 aliphatic rings. The quantitative estimate of drug-likeness (QED) is 0.777. The van der Waals surface area contributed by atoms with Crippen molar-refractivity contribution in [3.05, 3.63) is 23.3 Å². The lowest BCUT2D eigenvalue weighted by atomic mass is 10.1. The van der Waals surface area contributed by atoms with Gasteiger partial charge in [-0.2, -0.15) is 0 Å². The first-order valence-electron chi connectivity index (χ1n) is 6.42. The van der Waals surface area contributed by atoms with Gasteiger partial charge in [-0.25, -0.2) is 9.59 Å². The van der Waals surface area contributed by atoms with Crippen LogP contribution in [-0.4, -0.2) is 35.4 Å². The van der Waals surface area contributed by atoms with Gasteiger partial charge in [0.15, 0.2) is 0 Å². The molecule has 0 radical (unpaired) electrons. The molecule has 0 saturated carbocycles. The molecule has 0 fully saturated rings. The first-order valence-corrected chi connectivity index (χ1v) is 6.42. The highest BCUT2D eigenvalue weighted by Crippen LogP contribution is 2.31. The minimum Gasteiger partial charge on any atom is -0.507 e. The lowest BCUT2D eigenvalue weighted by Crippen LogP contribution is -2.11. The lowest BCUT2D eigenvalue weighted by molar-refractivity contribution is 0.0494. The maximum Gasteiger partial charge on any atom is 0.345 e. The predicted molar refractivity (Wildman–Crippen MR) is 70.9 cm³/mol. The second-order valence-electron chi connectivity index (χ2n) is 4.13. The molecule has 0 saturated heterocycles. The van der Waals surface area contributed by atoms with Crippen LogP contribution in [0, 0.1) is 0 Å². The van der Waals surface area contributed by atoms with Crippen LogP contribution < -0.4 is 0 Å². The molecule has 2 N–H and O–H groups in total. The summed E-state index contributed by atoms with van der Waals surface area (Å²) in [6, 6.07) is 2.34. The molecule has 1 aromatic rings. The van der Waals surface area contributed by atoms with Crippen LogP contribution in [0.5, 0.6) is 11.5 Å². The third kappa shape index (κ3) is 3.63. The summed E-state index contributed by atoms with van der Waals surface area (Å²) in [5.41, 5.74) is -0.607. The number of carbonyl (C=O) groups is 2. The number of phenols is 2. The number of benzene rings is 1.